The summed E-state index contributed by atoms with van der Waals surface area (Å²) < 4.78 is 5.44. The van der Waals surface area contributed by atoms with E-state index < -0.39 is 12.1 Å². The molecule has 0 spiro atoms. The highest BCUT2D eigenvalue weighted by atomic mass is 16.5. The molecule has 0 heterocycles. The van der Waals surface area contributed by atoms with Crippen molar-refractivity contribution in [2.75, 3.05) is 13.2 Å². The minimum Gasteiger partial charge on any atom is -0.466 e. The van der Waals surface area contributed by atoms with Crippen molar-refractivity contribution < 1.29 is 24.5 Å². The van der Waals surface area contributed by atoms with Crippen LogP contribution in [-0.2, 0) is 14.3 Å². The smallest absolute Gasteiger partial charge is 0.305 e. The maximum Gasteiger partial charge on any atom is 0.305 e. The third kappa shape index (κ3) is 43.9. The van der Waals surface area contributed by atoms with Crippen LogP contribution in [0.3, 0.4) is 0 Å². The van der Waals surface area contributed by atoms with Crippen LogP contribution in [0.2, 0.25) is 0 Å². The molecular weight excluding hydrogens is 719 g/mol. The maximum atomic E-state index is 12.4. The highest BCUT2D eigenvalue weighted by Crippen LogP contribution is 2.16. The van der Waals surface area contributed by atoms with Crippen LogP contribution in [0, 0.1) is 0 Å². The Morgan fingerprint density at radius 2 is 0.828 bits per heavy atom. The van der Waals surface area contributed by atoms with Crippen molar-refractivity contribution in [3.63, 3.8) is 0 Å². The summed E-state index contributed by atoms with van der Waals surface area (Å²) in [5, 5.41) is 23.1. The highest BCUT2D eigenvalue weighted by Gasteiger charge is 2.20. The van der Waals surface area contributed by atoms with Gasteiger partial charge >= 0.3 is 5.97 Å². The van der Waals surface area contributed by atoms with Crippen LogP contribution in [0.1, 0.15) is 271 Å². The number of aliphatic hydroxyl groups excluding tert-OH is 2. The number of esters is 1. The van der Waals surface area contributed by atoms with E-state index in [1.807, 2.05) is 0 Å². The van der Waals surface area contributed by atoms with E-state index in [0.29, 0.717) is 25.9 Å². The minimum absolute atomic E-state index is 0.0387. The normalized spacial score (nSPS) is 12.8. The summed E-state index contributed by atoms with van der Waals surface area (Å²) in [6.07, 6.45) is 55.8. The molecule has 2 unspecified atom stereocenters. The lowest BCUT2D eigenvalue weighted by Gasteiger charge is -2.22. The van der Waals surface area contributed by atoms with Gasteiger partial charge < -0.3 is 20.3 Å². The van der Waals surface area contributed by atoms with Crippen molar-refractivity contribution in [1.82, 2.24) is 5.32 Å². The molecular formula is C52H99NO5. The summed E-state index contributed by atoms with van der Waals surface area (Å²) in [7, 11) is 0. The predicted octanol–water partition coefficient (Wildman–Crippen LogP) is 15.1. The van der Waals surface area contributed by atoms with E-state index in [-0.39, 0.29) is 18.5 Å². The topological polar surface area (TPSA) is 95.9 Å². The van der Waals surface area contributed by atoms with Crippen LogP contribution in [0.15, 0.2) is 24.3 Å². The van der Waals surface area contributed by atoms with Crippen LogP contribution in [0.4, 0.5) is 0 Å². The Bertz CT molecular complexity index is 904. The first-order chi connectivity index (χ1) is 28.5. The molecule has 342 valence electrons. The zero-order valence-electron chi connectivity index (χ0n) is 38.8. The Hall–Kier alpha value is -1.66. The average molecular weight is 818 g/mol. The first kappa shape index (κ1) is 56.3. The summed E-state index contributed by atoms with van der Waals surface area (Å²) in [5.74, 6) is -0.134. The fourth-order valence-corrected chi connectivity index (χ4v) is 7.75. The van der Waals surface area contributed by atoms with E-state index in [2.05, 4.69) is 43.5 Å². The van der Waals surface area contributed by atoms with Gasteiger partial charge in [0.1, 0.15) is 0 Å². The fourth-order valence-electron chi connectivity index (χ4n) is 7.75. The number of aliphatic hydroxyl groups is 2. The number of amides is 1. The largest absolute Gasteiger partial charge is 0.466 e. The van der Waals surface area contributed by atoms with Gasteiger partial charge in [0.05, 0.1) is 25.4 Å². The number of hydrogen-bond acceptors (Lipinski definition) is 5. The average Bonchev–Trinajstić information content (AvgIpc) is 3.22. The van der Waals surface area contributed by atoms with Gasteiger partial charge in [-0.15, -0.1) is 0 Å². The van der Waals surface area contributed by atoms with Crippen molar-refractivity contribution in [3.05, 3.63) is 24.3 Å². The van der Waals surface area contributed by atoms with Gasteiger partial charge in [-0.25, -0.2) is 0 Å². The number of carbonyl (C=O) groups is 2. The summed E-state index contributed by atoms with van der Waals surface area (Å²) in [5.41, 5.74) is 0. The monoisotopic (exact) mass is 818 g/mol. The minimum atomic E-state index is -0.694. The quantitative estimate of drug-likeness (QED) is 0.0323. The standard InChI is InChI=1S/C52H99NO5/c1-3-5-7-9-11-13-15-17-19-20-21-22-24-26-30-34-38-42-46-52(57)58-47-43-39-35-31-27-29-33-37-41-45-51(56)53-49(48-54)50(55)44-40-36-32-28-25-23-18-16-14-12-10-8-6-4-2/h19-20,29,33,49-50,54-55H,3-18,21-28,30-32,34-48H2,1-2H3,(H,53,56)/b20-19-,33-29-. The first-order valence-corrected chi connectivity index (χ1v) is 25.6. The number of hydrogen-bond donors (Lipinski definition) is 3. The number of rotatable bonds is 47. The molecule has 6 nitrogen and oxygen atoms in total. The Morgan fingerprint density at radius 3 is 1.26 bits per heavy atom. The molecule has 58 heavy (non-hydrogen) atoms. The number of ether oxygens (including phenoxy) is 1. The Morgan fingerprint density at radius 1 is 0.466 bits per heavy atom. The van der Waals surface area contributed by atoms with Gasteiger partial charge in [0, 0.05) is 12.8 Å². The second-order valence-electron chi connectivity index (χ2n) is 17.5. The third-order valence-electron chi connectivity index (χ3n) is 11.7. The van der Waals surface area contributed by atoms with E-state index in [1.54, 1.807) is 0 Å². The number of unbranched alkanes of at least 4 members (excludes halogenated alkanes) is 32. The van der Waals surface area contributed by atoms with Crippen LogP contribution < -0.4 is 5.32 Å². The SMILES string of the molecule is CCCCCCCCC/C=C\CCCCCCCCCC(=O)OCCCCCC/C=C\CCCC(=O)NC(CO)C(O)CCCCCCCCCCCCCCCC. The van der Waals surface area contributed by atoms with Crippen LogP contribution in [0.25, 0.3) is 0 Å². The zero-order chi connectivity index (χ0) is 42.3. The molecule has 0 rings (SSSR count). The van der Waals surface area contributed by atoms with E-state index in [4.69, 9.17) is 4.74 Å². The number of allylic oxidation sites excluding steroid dienone is 4. The van der Waals surface area contributed by atoms with Gasteiger partial charge in [-0.05, 0) is 70.6 Å². The molecule has 0 saturated heterocycles. The van der Waals surface area contributed by atoms with Crippen molar-refractivity contribution in [1.29, 1.82) is 0 Å². The molecule has 3 N–H and O–H groups in total. The molecule has 0 saturated carbocycles. The lowest BCUT2D eigenvalue weighted by molar-refractivity contribution is -0.143. The van der Waals surface area contributed by atoms with E-state index in [0.717, 1.165) is 70.6 Å². The first-order valence-electron chi connectivity index (χ1n) is 25.6. The van der Waals surface area contributed by atoms with Gasteiger partial charge in [0.15, 0.2) is 0 Å². The molecule has 0 aliphatic carbocycles. The van der Waals surface area contributed by atoms with Crippen molar-refractivity contribution in [2.45, 2.75) is 283 Å². The molecule has 0 aliphatic rings. The van der Waals surface area contributed by atoms with Crippen LogP contribution >= 0.6 is 0 Å². The van der Waals surface area contributed by atoms with Gasteiger partial charge in [0.25, 0.3) is 0 Å². The summed E-state index contributed by atoms with van der Waals surface area (Å²) in [4.78, 5) is 24.5. The molecule has 0 fully saturated rings. The number of nitrogens with one attached hydrogen (secondary N) is 1. The van der Waals surface area contributed by atoms with Gasteiger partial charge in [-0.3, -0.25) is 9.59 Å². The highest BCUT2D eigenvalue weighted by molar-refractivity contribution is 5.76. The van der Waals surface area contributed by atoms with E-state index in [9.17, 15) is 19.8 Å². The Balaban J connectivity index is 3.53. The van der Waals surface area contributed by atoms with E-state index in [1.165, 1.54) is 167 Å². The lowest BCUT2D eigenvalue weighted by Crippen LogP contribution is -2.45. The number of carbonyl (C=O) groups excluding carboxylic acids is 2. The summed E-state index contributed by atoms with van der Waals surface area (Å²) in [6.45, 7) is 4.86. The van der Waals surface area contributed by atoms with Crippen molar-refractivity contribution in [3.8, 4) is 0 Å². The summed E-state index contributed by atoms with van der Waals surface area (Å²) >= 11 is 0. The molecule has 1 amide bonds. The van der Waals surface area contributed by atoms with Gasteiger partial charge in [-0.2, -0.15) is 0 Å². The molecule has 6 heteroatoms. The lowest BCUT2D eigenvalue weighted by atomic mass is 10.0. The van der Waals surface area contributed by atoms with E-state index >= 15 is 0 Å². The second-order valence-corrected chi connectivity index (χ2v) is 17.5. The molecule has 0 aromatic heterocycles. The molecule has 0 aromatic rings. The van der Waals surface area contributed by atoms with Gasteiger partial charge in [0.2, 0.25) is 5.91 Å². The molecule has 0 radical (unpaired) electrons. The van der Waals surface area contributed by atoms with Gasteiger partial charge in [-0.1, -0.05) is 212 Å². The second kappa shape index (κ2) is 48.0. The zero-order valence-corrected chi connectivity index (χ0v) is 38.8. The molecule has 2 atom stereocenters. The Labute approximate surface area is 361 Å². The van der Waals surface area contributed by atoms with Crippen LogP contribution in [0.5, 0.6) is 0 Å². The third-order valence-corrected chi connectivity index (χ3v) is 11.7. The molecule has 0 aliphatic heterocycles. The maximum absolute atomic E-state index is 12.4. The van der Waals surface area contributed by atoms with Crippen molar-refractivity contribution >= 4 is 11.9 Å². The Kier molecular flexibility index (Phi) is 46.6. The fraction of sp³-hybridized carbons (Fsp3) is 0.885. The molecule has 0 bridgehead atoms. The van der Waals surface area contributed by atoms with Crippen molar-refractivity contribution in [2.24, 2.45) is 0 Å². The van der Waals surface area contributed by atoms with Crippen LogP contribution in [-0.4, -0.2) is 47.4 Å². The predicted molar refractivity (Wildman–Crippen MR) is 250 cm³/mol. The molecule has 0 aromatic carbocycles. The summed E-state index contributed by atoms with van der Waals surface area (Å²) in [6, 6.07) is -0.578.